The summed E-state index contributed by atoms with van der Waals surface area (Å²) in [6, 6.07) is 2.38. The van der Waals surface area contributed by atoms with Gasteiger partial charge in [0.2, 0.25) is 0 Å². The van der Waals surface area contributed by atoms with Gasteiger partial charge in [-0.05, 0) is 26.0 Å². The Morgan fingerprint density at radius 1 is 1.61 bits per heavy atom. The van der Waals surface area contributed by atoms with Gasteiger partial charge in [0.1, 0.15) is 0 Å². The number of nitrogens with one attached hydrogen (secondary N) is 2. The summed E-state index contributed by atoms with van der Waals surface area (Å²) in [7, 11) is 2.08. The van der Waals surface area contributed by atoms with E-state index in [-0.39, 0.29) is 5.91 Å². The van der Waals surface area contributed by atoms with Crippen LogP contribution in [0.1, 0.15) is 23.2 Å². The fourth-order valence-corrected chi connectivity index (χ4v) is 1.84. The van der Waals surface area contributed by atoms with E-state index in [1.165, 1.54) is 19.0 Å². The lowest BCUT2D eigenvalue weighted by Gasteiger charge is -2.16. The number of carbonyl (C=O) groups excluding carboxylic acids is 1. The number of nitrogen functional groups attached to an aromatic ring is 1. The molecule has 0 bridgehead atoms. The van der Waals surface area contributed by atoms with Gasteiger partial charge in [-0.2, -0.15) is 0 Å². The zero-order valence-electron chi connectivity index (χ0n) is 10.5. The summed E-state index contributed by atoms with van der Waals surface area (Å²) in [5, 5.41) is 2.87. The van der Waals surface area contributed by atoms with Crippen molar-refractivity contribution < 1.29 is 4.79 Å². The molecular formula is C12H19N5O. The molecule has 98 valence electrons. The van der Waals surface area contributed by atoms with Gasteiger partial charge >= 0.3 is 0 Å². The number of hydrogen-bond acceptors (Lipinski definition) is 5. The van der Waals surface area contributed by atoms with E-state index in [1.807, 2.05) is 0 Å². The Bertz CT molecular complexity index is 419. The number of amides is 1. The number of nitrogens with two attached hydrogens (primary N) is 1. The number of hydrogen-bond donors (Lipinski definition) is 3. The van der Waals surface area contributed by atoms with Crippen molar-refractivity contribution in [2.24, 2.45) is 5.84 Å². The number of hydrazine groups is 1. The van der Waals surface area contributed by atoms with Crippen LogP contribution in [-0.2, 0) is 0 Å². The van der Waals surface area contributed by atoms with Gasteiger partial charge in [-0.3, -0.25) is 15.6 Å². The first kappa shape index (κ1) is 12.8. The van der Waals surface area contributed by atoms with Gasteiger partial charge in [0, 0.05) is 31.5 Å². The van der Waals surface area contributed by atoms with Gasteiger partial charge in [0.05, 0.1) is 11.3 Å². The first-order valence-electron chi connectivity index (χ1n) is 6.11. The van der Waals surface area contributed by atoms with Crippen molar-refractivity contribution in [3.05, 3.63) is 24.0 Å². The third-order valence-corrected chi connectivity index (χ3v) is 3.14. The molecule has 6 nitrogen and oxygen atoms in total. The molecule has 1 aliphatic rings. The SMILES string of the molecule is CN(CCNC(=O)c1cnccc1NN)C1CC1. The molecular weight excluding hydrogens is 230 g/mol. The second kappa shape index (κ2) is 5.79. The smallest absolute Gasteiger partial charge is 0.255 e. The molecule has 0 saturated heterocycles. The molecule has 1 saturated carbocycles. The van der Waals surface area contributed by atoms with Gasteiger partial charge in [0.25, 0.3) is 5.91 Å². The fourth-order valence-electron chi connectivity index (χ4n) is 1.84. The summed E-state index contributed by atoms with van der Waals surface area (Å²) in [5.74, 6) is 5.19. The summed E-state index contributed by atoms with van der Waals surface area (Å²) < 4.78 is 0. The molecule has 6 heteroatoms. The van der Waals surface area contributed by atoms with Gasteiger partial charge in [-0.15, -0.1) is 0 Å². The van der Waals surface area contributed by atoms with Crippen molar-refractivity contribution in [3.63, 3.8) is 0 Å². The first-order chi connectivity index (χ1) is 8.72. The van der Waals surface area contributed by atoms with Crippen LogP contribution in [0.25, 0.3) is 0 Å². The molecule has 1 aromatic rings. The average Bonchev–Trinajstić information content (AvgIpc) is 3.22. The Balaban J connectivity index is 1.83. The zero-order chi connectivity index (χ0) is 13.0. The summed E-state index contributed by atoms with van der Waals surface area (Å²) in [4.78, 5) is 18.1. The average molecular weight is 249 g/mol. The topological polar surface area (TPSA) is 83.3 Å². The van der Waals surface area contributed by atoms with Crippen LogP contribution >= 0.6 is 0 Å². The molecule has 1 aromatic heterocycles. The van der Waals surface area contributed by atoms with Crippen LogP contribution < -0.4 is 16.6 Å². The van der Waals surface area contributed by atoms with Crippen LogP contribution in [0.15, 0.2) is 18.5 Å². The van der Waals surface area contributed by atoms with Crippen molar-refractivity contribution in [1.82, 2.24) is 15.2 Å². The molecule has 4 N–H and O–H groups in total. The molecule has 18 heavy (non-hydrogen) atoms. The van der Waals surface area contributed by atoms with Crippen LogP contribution in [0, 0.1) is 0 Å². The predicted octanol–water partition coefficient (Wildman–Crippen LogP) is 0.191. The third kappa shape index (κ3) is 3.18. The molecule has 2 rings (SSSR count). The Hall–Kier alpha value is -1.66. The van der Waals surface area contributed by atoms with Crippen molar-refractivity contribution in [2.45, 2.75) is 18.9 Å². The van der Waals surface area contributed by atoms with Crippen LogP contribution in [-0.4, -0.2) is 42.0 Å². The maximum Gasteiger partial charge on any atom is 0.255 e. The minimum absolute atomic E-state index is 0.153. The number of rotatable bonds is 6. The van der Waals surface area contributed by atoms with Crippen molar-refractivity contribution >= 4 is 11.6 Å². The molecule has 0 aromatic carbocycles. The maximum absolute atomic E-state index is 11.9. The second-order valence-corrected chi connectivity index (χ2v) is 4.53. The van der Waals surface area contributed by atoms with Gasteiger partial charge in [-0.1, -0.05) is 0 Å². The van der Waals surface area contributed by atoms with Crippen LogP contribution in [0.4, 0.5) is 5.69 Å². The fraction of sp³-hybridized carbons (Fsp3) is 0.500. The lowest BCUT2D eigenvalue weighted by molar-refractivity contribution is 0.0950. The number of carbonyl (C=O) groups is 1. The van der Waals surface area contributed by atoms with Gasteiger partial charge in [-0.25, -0.2) is 0 Å². The Labute approximate surface area is 107 Å². The van der Waals surface area contributed by atoms with Crippen LogP contribution in [0.2, 0.25) is 0 Å². The van der Waals surface area contributed by atoms with E-state index in [9.17, 15) is 4.79 Å². The largest absolute Gasteiger partial charge is 0.351 e. The van der Waals surface area contributed by atoms with E-state index >= 15 is 0 Å². The highest BCUT2D eigenvalue weighted by Crippen LogP contribution is 2.24. The minimum Gasteiger partial charge on any atom is -0.351 e. The quantitative estimate of drug-likeness (QED) is 0.495. The lowest BCUT2D eigenvalue weighted by Crippen LogP contribution is -2.34. The van der Waals surface area contributed by atoms with E-state index in [1.54, 1.807) is 12.3 Å². The molecule has 0 aliphatic heterocycles. The minimum atomic E-state index is -0.153. The summed E-state index contributed by atoms with van der Waals surface area (Å²) >= 11 is 0. The predicted molar refractivity (Wildman–Crippen MR) is 70.0 cm³/mol. The standard InChI is InChI=1S/C12H19N5O/c1-17(9-2-3-9)7-6-15-12(18)10-8-14-5-4-11(10)16-13/h4-5,8-9H,2-3,6-7,13H2,1H3,(H,14,16)(H,15,18). The summed E-state index contributed by atoms with van der Waals surface area (Å²) in [6.07, 6.45) is 5.64. The van der Waals surface area contributed by atoms with E-state index in [4.69, 9.17) is 5.84 Å². The Kier molecular flexibility index (Phi) is 4.11. The molecule has 1 aliphatic carbocycles. The number of pyridine rings is 1. The maximum atomic E-state index is 11.9. The van der Waals surface area contributed by atoms with Crippen LogP contribution in [0.3, 0.4) is 0 Å². The van der Waals surface area contributed by atoms with E-state index in [0.29, 0.717) is 23.8 Å². The monoisotopic (exact) mass is 249 g/mol. The molecule has 0 unspecified atom stereocenters. The van der Waals surface area contributed by atoms with E-state index in [0.717, 1.165) is 6.54 Å². The Morgan fingerprint density at radius 2 is 2.39 bits per heavy atom. The van der Waals surface area contributed by atoms with Crippen molar-refractivity contribution in [2.75, 3.05) is 25.6 Å². The second-order valence-electron chi connectivity index (χ2n) is 4.53. The summed E-state index contributed by atoms with van der Waals surface area (Å²) in [5.41, 5.74) is 3.54. The van der Waals surface area contributed by atoms with Crippen molar-refractivity contribution in [1.29, 1.82) is 0 Å². The zero-order valence-corrected chi connectivity index (χ0v) is 10.5. The van der Waals surface area contributed by atoms with Crippen molar-refractivity contribution in [3.8, 4) is 0 Å². The number of likely N-dealkylation sites (N-methyl/N-ethyl adjacent to an activating group) is 1. The molecule has 1 amide bonds. The number of aromatic nitrogens is 1. The number of nitrogens with zero attached hydrogens (tertiary/aromatic N) is 2. The van der Waals surface area contributed by atoms with E-state index in [2.05, 4.69) is 27.7 Å². The van der Waals surface area contributed by atoms with Crippen LogP contribution in [0.5, 0.6) is 0 Å². The molecule has 0 radical (unpaired) electrons. The number of anilines is 1. The first-order valence-corrected chi connectivity index (χ1v) is 6.11. The highest BCUT2D eigenvalue weighted by molar-refractivity contribution is 5.99. The lowest BCUT2D eigenvalue weighted by atomic mass is 10.2. The van der Waals surface area contributed by atoms with Gasteiger partial charge < -0.3 is 15.6 Å². The highest BCUT2D eigenvalue weighted by atomic mass is 16.1. The molecule has 1 heterocycles. The van der Waals surface area contributed by atoms with Gasteiger partial charge in [0.15, 0.2) is 0 Å². The highest BCUT2D eigenvalue weighted by Gasteiger charge is 2.25. The molecule has 1 fully saturated rings. The normalized spacial score (nSPS) is 14.6. The molecule has 0 spiro atoms. The summed E-state index contributed by atoms with van der Waals surface area (Å²) in [6.45, 7) is 1.49. The third-order valence-electron chi connectivity index (χ3n) is 3.14. The Morgan fingerprint density at radius 3 is 3.06 bits per heavy atom. The molecule has 0 atom stereocenters. The van der Waals surface area contributed by atoms with E-state index < -0.39 is 0 Å².